The van der Waals surface area contributed by atoms with Crippen molar-refractivity contribution in [1.29, 1.82) is 0 Å². The summed E-state index contributed by atoms with van der Waals surface area (Å²) in [7, 11) is 0. The van der Waals surface area contributed by atoms with E-state index in [1.165, 1.54) is 4.90 Å². The standard InChI is InChI=1S/C27H34N6O5/c1-4-27(8-11-31(12-9-27)26(36)37)33-21-7-10-28-24(34)22(21)23(30-33)29-19-5-6-20(17(2)15-19)25(35)32-13-14-38-16-18(32)3/h5-7,10,15,18H,4,8-9,11-14,16H2,1-3H3,(H,28,34)(H,29,30)(H,36,37). The molecule has 2 fully saturated rings. The van der Waals surface area contributed by atoms with Crippen molar-refractivity contribution in [3.63, 3.8) is 0 Å². The number of rotatable bonds is 5. The molecule has 0 aliphatic carbocycles. The molecule has 1 unspecified atom stereocenters. The van der Waals surface area contributed by atoms with Gasteiger partial charge in [-0.2, -0.15) is 5.10 Å². The van der Waals surface area contributed by atoms with Crippen LogP contribution in [0.3, 0.4) is 0 Å². The zero-order chi connectivity index (χ0) is 27.0. The summed E-state index contributed by atoms with van der Waals surface area (Å²) in [5.74, 6) is 0.407. The molecule has 0 bridgehead atoms. The number of ether oxygens (including phenoxy) is 1. The number of H-pyrrole nitrogens is 1. The average molecular weight is 523 g/mol. The molecule has 38 heavy (non-hydrogen) atoms. The molecule has 1 aromatic carbocycles. The second-order valence-electron chi connectivity index (χ2n) is 10.3. The van der Waals surface area contributed by atoms with Gasteiger partial charge in [0.25, 0.3) is 11.5 Å². The van der Waals surface area contributed by atoms with E-state index < -0.39 is 11.6 Å². The number of likely N-dealkylation sites (tertiary alicyclic amines) is 1. The first-order chi connectivity index (χ1) is 18.2. The van der Waals surface area contributed by atoms with Gasteiger partial charge in [-0.1, -0.05) is 6.92 Å². The van der Waals surface area contributed by atoms with Crippen LogP contribution in [-0.4, -0.2) is 80.6 Å². The van der Waals surface area contributed by atoms with E-state index in [1.807, 2.05) is 41.6 Å². The van der Waals surface area contributed by atoms with Crippen molar-refractivity contribution >= 4 is 34.4 Å². The number of fused-ring (bicyclic) bond motifs is 1. The van der Waals surface area contributed by atoms with E-state index in [4.69, 9.17) is 9.84 Å². The molecule has 0 spiro atoms. The molecule has 0 radical (unpaired) electrons. The highest BCUT2D eigenvalue weighted by Gasteiger charge is 2.38. The van der Waals surface area contributed by atoms with Gasteiger partial charge in [0.2, 0.25) is 0 Å². The summed E-state index contributed by atoms with van der Waals surface area (Å²) in [4.78, 5) is 43.6. The highest BCUT2D eigenvalue weighted by atomic mass is 16.5. The molecule has 0 saturated carbocycles. The summed E-state index contributed by atoms with van der Waals surface area (Å²) in [6.45, 7) is 8.40. The number of anilines is 2. The Morgan fingerprint density at radius 3 is 2.66 bits per heavy atom. The number of aromatic amines is 1. The smallest absolute Gasteiger partial charge is 0.407 e. The number of carbonyl (C=O) groups is 2. The van der Waals surface area contributed by atoms with Crippen molar-refractivity contribution in [3.05, 3.63) is 51.9 Å². The lowest BCUT2D eigenvalue weighted by atomic mass is 9.85. The minimum Gasteiger partial charge on any atom is -0.465 e. The van der Waals surface area contributed by atoms with Gasteiger partial charge in [0, 0.05) is 37.1 Å². The number of piperidine rings is 1. The van der Waals surface area contributed by atoms with Crippen molar-refractivity contribution in [3.8, 4) is 0 Å². The summed E-state index contributed by atoms with van der Waals surface area (Å²) >= 11 is 0. The maximum absolute atomic E-state index is 13.2. The molecule has 5 rings (SSSR count). The minimum absolute atomic E-state index is 0.0174. The van der Waals surface area contributed by atoms with Crippen molar-refractivity contribution < 1.29 is 19.4 Å². The average Bonchev–Trinajstić information content (AvgIpc) is 3.28. The number of nitrogens with zero attached hydrogens (tertiary/aromatic N) is 4. The molecule has 11 heteroatoms. The van der Waals surface area contributed by atoms with Crippen molar-refractivity contribution in [2.24, 2.45) is 0 Å². The monoisotopic (exact) mass is 522 g/mol. The van der Waals surface area contributed by atoms with Gasteiger partial charge >= 0.3 is 6.09 Å². The van der Waals surface area contributed by atoms with Gasteiger partial charge in [0.1, 0.15) is 5.39 Å². The van der Waals surface area contributed by atoms with E-state index >= 15 is 0 Å². The van der Waals surface area contributed by atoms with Crippen LogP contribution < -0.4 is 10.9 Å². The number of amides is 2. The van der Waals surface area contributed by atoms with Gasteiger partial charge in [-0.3, -0.25) is 14.3 Å². The maximum atomic E-state index is 13.2. The number of aromatic nitrogens is 3. The fraction of sp³-hybridized carbons (Fsp3) is 0.481. The predicted octanol–water partition coefficient (Wildman–Crippen LogP) is 3.52. The molecule has 4 heterocycles. The first-order valence-corrected chi connectivity index (χ1v) is 13.1. The van der Waals surface area contributed by atoms with Crippen LogP contribution in [0.25, 0.3) is 10.9 Å². The molecule has 3 N–H and O–H groups in total. The van der Waals surface area contributed by atoms with E-state index in [0.717, 1.165) is 17.7 Å². The molecule has 2 aliphatic heterocycles. The van der Waals surface area contributed by atoms with Crippen LogP contribution >= 0.6 is 0 Å². The van der Waals surface area contributed by atoms with Crippen molar-refractivity contribution in [2.45, 2.75) is 51.6 Å². The second-order valence-corrected chi connectivity index (χ2v) is 10.3. The number of morpholine rings is 1. The number of benzene rings is 1. The Hall–Kier alpha value is -3.86. The van der Waals surface area contributed by atoms with Gasteiger partial charge in [-0.25, -0.2) is 4.79 Å². The Bertz CT molecular complexity index is 1420. The van der Waals surface area contributed by atoms with E-state index in [9.17, 15) is 19.5 Å². The van der Waals surface area contributed by atoms with Crippen molar-refractivity contribution in [2.75, 3.05) is 38.2 Å². The zero-order valence-electron chi connectivity index (χ0n) is 22.0. The minimum atomic E-state index is -0.917. The molecule has 11 nitrogen and oxygen atoms in total. The van der Waals surface area contributed by atoms with E-state index in [-0.39, 0.29) is 17.5 Å². The van der Waals surface area contributed by atoms with Crippen molar-refractivity contribution in [1.82, 2.24) is 24.6 Å². The van der Waals surface area contributed by atoms with Gasteiger partial charge in [0.15, 0.2) is 5.82 Å². The van der Waals surface area contributed by atoms with Crippen LogP contribution in [0, 0.1) is 6.92 Å². The van der Waals surface area contributed by atoms with E-state index in [0.29, 0.717) is 68.0 Å². The fourth-order valence-electron chi connectivity index (χ4n) is 5.66. The first-order valence-electron chi connectivity index (χ1n) is 13.1. The third kappa shape index (κ3) is 4.51. The Morgan fingerprint density at radius 2 is 2.00 bits per heavy atom. The Kier molecular flexibility index (Phi) is 6.87. The number of hydrogen-bond acceptors (Lipinski definition) is 6. The summed E-state index contributed by atoms with van der Waals surface area (Å²) in [5.41, 5.74) is 2.21. The third-order valence-electron chi connectivity index (χ3n) is 8.02. The Morgan fingerprint density at radius 1 is 1.24 bits per heavy atom. The normalized spacial score (nSPS) is 19.5. The number of hydrogen-bond donors (Lipinski definition) is 3. The lowest BCUT2D eigenvalue weighted by Gasteiger charge is -2.41. The van der Waals surface area contributed by atoms with Gasteiger partial charge in [-0.05, 0) is 62.9 Å². The lowest BCUT2D eigenvalue weighted by Crippen LogP contribution is -2.47. The molecule has 1 atom stereocenters. The zero-order valence-corrected chi connectivity index (χ0v) is 22.0. The molecular formula is C27H34N6O5. The predicted molar refractivity (Wildman–Crippen MR) is 143 cm³/mol. The SMILES string of the molecule is CCC1(n2nc(Nc3ccc(C(=O)N4CCOCC4C)c(C)c3)c3c(=O)[nH]ccc32)CCN(C(=O)O)CC1. The molecule has 2 amide bonds. The largest absolute Gasteiger partial charge is 0.465 e. The highest BCUT2D eigenvalue weighted by molar-refractivity contribution is 5.97. The van der Waals surface area contributed by atoms with Gasteiger partial charge in [-0.15, -0.1) is 0 Å². The van der Waals surface area contributed by atoms with Crippen LogP contribution in [0.5, 0.6) is 0 Å². The molecule has 2 aromatic heterocycles. The molecule has 2 aliphatic rings. The Labute approximate surface area is 220 Å². The topological polar surface area (TPSA) is 133 Å². The van der Waals surface area contributed by atoms with Crippen LogP contribution in [0.1, 0.15) is 49.0 Å². The molecular weight excluding hydrogens is 488 g/mol. The van der Waals surface area contributed by atoms with Gasteiger partial charge < -0.3 is 29.9 Å². The van der Waals surface area contributed by atoms with E-state index in [2.05, 4.69) is 17.2 Å². The van der Waals surface area contributed by atoms with Gasteiger partial charge in [0.05, 0.1) is 30.3 Å². The van der Waals surface area contributed by atoms with E-state index in [1.54, 1.807) is 12.3 Å². The second kappa shape index (κ2) is 10.1. The number of carbonyl (C=O) groups excluding carboxylic acids is 1. The third-order valence-corrected chi connectivity index (χ3v) is 8.02. The number of nitrogens with one attached hydrogen (secondary N) is 2. The number of carboxylic acid groups (broad SMARTS) is 1. The van der Waals surface area contributed by atoms with Crippen LogP contribution in [0.4, 0.5) is 16.3 Å². The number of aryl methyl sites for hydroxylation is 1. The highest BCUT2D eigenvalue weighted by Crippen LogP contribution is 2.37. The lowest BCUT2D eigenvalue weighted by molar-refractivity contribution is 0.00355. The summed E-state index contributed by atoms with van der Waals surface area (Å²) in [6, 6.07) is 7.38. The maximum Gasteiger partial charge on any atom is 0.407 e. The van der Waals surface area contributed by atoms with Crippen LogP contribution in [-0.2, 0) is 10.3 Å². The summed E-state index contributed by atoms with van der Waals surface area (Å²) in [5, 5.41) is 18.0. The van der Waals surface area contributed by atoms with Crippen LogP contribution in [0.2, 0.25) is 0 Å². The molecule has 2 saturated heterocycles. The quantitative estimate of drug-likeness (QED) is 0.467. The first kappa shape index (κ1) is 25.8. The summed E-state index contributed by atoms with van der Waals surface area (Å²) < 4.78 is 7.37. The summed E-state index contributed by atoms with van der Waals surface area (Å²) in [6.07, 6.45) is 2.65. The molecule has 3 aromatic rings. The molecule has 202 valence electrons. The number of pyridine rings is 1. The van der Waals surface area contributed by atoms with Crippen LogP contribution in [0.15, 0.2) is 35.3 Å². The fourth-order valence-corrected chi connectivity index (χ4v) is 5.66. The Balaban J connectivity index is 1.47.